The Kier molecular flexibility index (Phi) is 74.3. The maximum Gasteiger partial charge on any atom is 0.472 e. The van der Waals surface area contributed by atoms with Crippen molar-refractivity contribution in [2.75, 3.05) is 39.6 Å². The molecule has 606 valence electrons. The van der Waals surface area contributed by atoms with Crippen LogP contribution < -0.4 is 0 Å². The summed E-state index contributed by atoms with van der Waals surface area (Å²) in [5.74, 6) is -2.27. The van der Waals surface area contributed by atoms with Gasteiger partial charge >= 0.3 is 39.5 Å². The number of hydrogen-bond donors (Lipinski definition) is 3. The molecule has 0 rings (SSSR count). The molecule has 0 heterocycles. The van der Waals surface area contributed by atoms with Crippen LogP contribution in [0.4, 0.5) is 0 Å². The first-order chi connectivity index (χ1) is 51.7. The molecule has 0 saturated carbocycles. The second kappa shape index (κ2) is 78.1. The van der Waals surface area contributed by atoms with Gasteiger partial charge < -0.3 is 33.8 Å². The van der Waals surface area contributed by atoms with Gasteiger partial charge in [0.1, 0.15) is 19.3 Å². The Morgan fingerprint density at radius 1 is 0.274 bits per heavy atom. The number of allylic oxidation sites excluding steroid dienone is 24. The maximum absolute atomic E-state index is 13.1. The van der Waals surface area contributed by atoms with Gasteiger partial charge in [-0.05, 0) is 135 Å². The Balaban J connectivity index is 5.45. The highest BCUT2D eigenvalue weighted by Crippen LogP contribution is 2.45. The lowest BCUT2D eigenvalue weighted by atomic mass is 10.0. The van der Waals surface area contributed by atoms with Crippen LogP contribution in [0, 0.1) is 0 Å². The Bertz CT molecular complexity index is 2580. The molecule has 0 aliphatic rings. The summed E-state index contributed by atoms with van der Waals surface area (Å²) in [7, 11) is -9.99. The minimum atomic E-state index is -5.00. The number of unbranched alkanes of at least 4 members (excludes halogenated alkanes) is 26. The molecule has 19 heteroatoms. The van der Waals surface area contributed by atoms with Gasteiger partial charge in [0.2, 0.25) is 0 Å². The van der Waals surface area contributed by atoms with Crippen LogP contribution in [0.2, 0.25) is 0 Å². The van der Waals surface area contributed by atoms with Gasteiger partial charge in [-0.2, -0.15) is 0 Å². The van der Waals surface area contributed by atoms with E-state index in [-0.39, 0.29) is 25.7 Å². The highest BCUT2D eigenvalue weighted by Gasteiger charge is 2.30. The average Bonchev–Trinajstić information content (AvgIpc) is 0.902. The molecular formula is C87H146O17P2. The topological polar surface area (TPSA) is 237 Å². The van der Waals surface area contributed by atoms with Gasteiger partial charge in [-0.25, -0.2) is 9.13 Å². The van der Waals surface area contributed by atoms with E-state index in [1.807, 2.05) is 12.2 Å². The molecule has 0 fully saturated rings. The predicted octanol–water partition coefficient (Wildman–Crippen LogP) is 24.2. The highest BCUT2D eigenvalue weighted by atomic mass is 31.2. The van der Waals surface area contributed by atoms with Crippen molar-refractivity contribution in [3.63, 3.8) is 0 Å². The van der Waals surface area contributed by atoms with Crippen LogP contribution in [0.5, 0.6) is 0 Å². The smallest absolute Gasteiger partial charge is 0.462 e. The van der Waals surface area contributed by atoms with Crippen molar-refractivity contribution < 1.29 is 80.2 Å². The fourth-order valence-corrected chi connectivity index (χ4v) is 12.3. The zero-order valence-corrected chi connectivity index (χ0v) is 68.1. The number of aliphatic hydroxyl groups is 1. The molecule has 0 bridgehead atoms. The number of aliphatic hydroxyl groups excluding tert-OH is 1. The van der Waals surface area contributed by atoms with Gasteiger partial charge in [-0.1, -0.05) is 308 Å². The van der Waals surface area contributed by atoms with Gasteiger partial charge in [0.05, 0.1) is 26.4 Å². The van der Waals surface area contributed by atoms with Crippen LogP contribution in [0.1, 0.15) is 323 Å². The summed E-state index contributed by atoms with van der Waals surface area (Å²) in [5.41, 5.74) is 0. The maximum atomic E-state index is 13.1. The molecule has 0 amide bonds. The number of phosphoric ester groups is 2. The summed E-state index contributed by atoms with van der Waals surface area (Å²) in [6.45, 7) is 4.46. The summed E-state index contributed by atoms with van der Waals surface area (Å²) in [6.07, 6.45) is 89.6. The van der Waals surface area contributed by atoms with Gasteiger partial charge in [0, 0.05) is 25.7 Å². The Hall–Kier alpha value is -5.06. The third kappa shape index (κ3) is 77.1. The van der Waals surface area contributed by atoms with Crippen molar-refractivity contribution in [2.45, 2.75) is 341 Å². The normalized spacial score (nSPS) is 14.6. The molecule has 3 N–H and O–H groups in total. The number of hydrogen-bond acceptors (Lipinski definition) is 15. The molecule has 0 aromatic carbocycles. The monoisotopic (exact) mass is 1530 g/mol. The lowest BCUT2D eigenvalue weighted by molar-refractivity contribution is -0.161. The van der Waals surface area contributed by atoms with Crippen LogP contribution in [-0.2, 0) is 65.4 Å². The number of carbonyl (C=O) groups is 4. The Morgan fingerprint density at radius 2 is 0.500 bits per heavy atom. The number of rotatable bonds is 76. The summed E-state index contributed by atoms with van der Waals surface area (Å²) < 4.78 is 68.6. The fraction of sp³-hybridized carbons (Fsp3) is 0.678. The molecule has 5 atom stereocenters. The predicted molar refractivity (Wildman–Crippen MR) is 436 cm³/mol. The standard InChI is InChI=1S/C87H146O17P2/c1-5-9-13-17-21-25-29-33-37-40-44-47-51-55-59-63-67-71-84(89)97-77-82(103-86(91)73-69-65-61-57-53-49-43-36-32-28-24-20-16-12-8-4)79-101-105(93,94)99-75-81(88)76-100-106(95,96)102-80-83(104-87(92)74-70-66-62-58-54-50-46-42-39-35-31-27-23-19-15-11-7-3)78-98-85(90)72-68-64-60-56-52-48-45-41-38-34-30-26-22-18-14-10-6-2/h9-11,13-15,21-23,25-27,33-35,37-39,45-46,48,50,56,60,81-83,88H,5-8,12,16-20,24,28-32,36,40-44,47,49,51-55,57-59,61-80H2,1-4H3,(H,93,94)(H,95,96)/b13-9-,14-10-,15-11-,25-21-,26-22-,27-23-,37-33-,38-34-,39-35-,48-45-,50-46-,60-56-. The van der Waals surface area contributed by atoms with E-state index in [2.05, 4.69) is 161 Å². The van der Waals surface area contributed by atoms with Crippen LogP contribution in [0.15, 0.2) is 146 Å². The van der Waals surface area contributed by atoms with Crippen LogP contribution in [0.3, 0.4) is 0 Å². The summed E-state index contributed by atoms with van der Waals surface area (Å²) in [6, 6.07) is 0. The molecule has 5 unspecified atom stereocenters. The number of esters is 4. The van der Waals surface area contributed by atoms with Crippen molar-refractivity contribution in [3.05, 3.63) is 146 Å². The third-order valence-electron chi connectivity index (χ3n) is 16.8. The second-order valence-electron chi connectivity index (χ2n) is 26.9. The Labute approximate surface area is 643 Å². The van der Waals surface area contributed by atoms with E-state index in [9.17, 15) is 43.2 Å². The second-order valence-corrected chi connectivity index (χ2v) is 29.8. The molecule has 0 aromatic rings. The van der Waals surface area contributed by atoms with Gasteiger partial charge in [0.25, 0.3) is 0 Å². The van der Waals surface area contributed by atoms with Crippen LogP contribution in [0.25, 0.3) is 0 Å². The molecule has 0 aliphatic heterocycles. The molecular weight excluding hydrogens is 1380 g/mol. The molecule has 106 heavy (non-hydrogen) atoms. The van der Waals surface area contributed by atoms with Gasteiger partial charge in [-0.3, -0.25) is 37.3 Å². The zero-order chi connectivity index (χ0) is 77.4. The first-order valence-electron chi connectivity index (χ1n) is 41.1. The largest absolute Gasteiger partial charge is 0.472 e. The number of ether oxygens (including phenoxy) is 4. The average molecular weight is 1530 g/mol. The van der Waals surface area contributed by atoms with E-state index in [0.717, 1.165) is 173 Å². The first kappa shape index (κ1) is 101. The minimum absolute atomic E-state index is 0.0507. The summed E-state index contributed by atoms with van der Waals surface area (Å²) in [4.78, 5) is 73.1. The van der Waals surface area contributed by atoms with Gasteiger partial charge in [0.15, 0.2) is 12.2 Å². The van der Waals surface area contributed by atoms with E-state index >= 15 is 0 Å². The lowest BCUT2D eigenvalue weighted by Gasteiger charge is -2.21. The summed E-state index contributed by atoms with van der Waals surface area (Å²) >= 11 is 0. The van der Waals surface area contributed by atoms with E-state index in [0.29, 0.717) is 32.1 Å². The number of carbonyl (C=O) groups excluding carboxylic acids is 4. The van der Waals surface area contributed by atoms with Gasteiger partial charge in [-0.15, -0.1) is 0 Å². The number of phosphoric acid groups is 2. The quantitative estimate of drug-likeness (QED) is 0.0169. The van der Waals surface area contributed by atoms with Crippen molar-refractivity contribution in [1.29, 1.82) is 0 Å². The molecule has 0 saturated heterocycles. The zero-order valence-electron chi connectivity index (χ0n) is 66.3. The van der Waals surface area contributed by atoms with E-state index < -0.39 is 97.5 Å². The molecule has 0 aromatic heterocycles. The lowest BCUT2D eigenvalue weighted by Crippen LogP contribution is -2.30. The summed E-state index contributed by atoms with van der Waals surface area (Å²) in [5, 5.41) is 10.7. The first-order valence-corrected chi connectivity index (χ1v) is 44.1. The van der Waals surface area contributed by atoms with E-state index in [1.165, 1.54) is 64.2 Å². The SMILES string of the molecule is CC/C=C\C/C=C\C/C=C\C/C=C\C/C=C\CCCC(=O)OCC(COP(=O)(O)OCC(O)COP(=O)(O)OCC(COC(=O)CCCCCCCCC/C=C\C/C=C\C/C=C\CC)OC(=O)CCCCCCCCCCCCCCCCC)OC(=O)CCCCCC/C=C\C/C=C\C/C=C\C/C=C\CC. The van der Waals surface area contributed by atoms with Crippen molar-refractivity contribution in [1.82, 2.24) is 0 Å². The molecule has 0 aliphatic carbocycles. The molecule has 0 radical (unpaired) electrons. The van der Waals surface area contributed by atoms with Crippen LogP contribution in [-0.4, -0.2) is 96.7 Å². The highest BCUT2D eigenvalue weighted by molar-refractivity contribution is 7.47. The molecule has 17 nitrogen and oxygen atoms in total. The van der Waals surface area contributed by atoms with Crippen molar-refractivity contribution in [3.8, 4) is 0 Å². The van der Waals surface area contributed by atoms with Crippen molar-refractivity contribution in [2.24, 2.45) is 0 Å². The third-order valence-corrected chi connectivity index (χ3v) is 18.7. The Morgan fingerprint density at radius 3 is 0.792 bits per heavy atom. The van der Waals surface area contributed by atoms with Crippen LogP contribution >= 0.6 is 15.6 Å². The minimum Gasteiger partial charge on any atom is -0.462 e. The van der Waals surface area contributed by atoms with E-state index in [4.69, 9.17) is 37.0 Å². The van der Waals surface area contributed by atoms with Crippen molar-refractivity contribution >= 4 is 39.5 Å². The molecule has 0 spiro atoms. The fourth-order valence-electron chi connectivity index (χ4n) is 10.7. The van der Waals surface area contributed by atoms with E-state index in [1.54, 1.807) is 0 Å².